The molecular formula is C21H21NO3S2. The summed E-state index contributed by atoms with van der Waals surface area (Å²) in [6.07, 6.45) is 1.83. The first-order valence-corrected chi connectivity index (χ1v) is 9.86. The molecule has 1 fully saturated rings. The van der Waals surface area contributed by atoms with Gasteiger partial charge in [-0.1, -0.05) is 62.1 Å². The fourth-order valence-corrected chi connectivity index (χ4v) is 3.87. The summed E-state index contributed by atoms with van der Waals surface area (Å²) in [5.41, 5.74) is 1.63. The number of hydrogen-bond donors (Lipinski definition) is 0. The van der Waals surface area contributed by atoms with Crippen LogP contribution in [-0.4, -0.2) is 23.9 Å². The van der Waals surface area contributed by atoms with Crippen molar-refractivity contribution in [1.29, 1.82) is 0 Å². The third-order valence-corrected chi connectivity index (χ3v) is 5.17. The van der Waals surface area contributed by atoms with Crippen molar-refractivity contribution in [2.75, 3.05) is 18.6 Å². The Bertz CT molecular complexity index is 878. The quantitative estimate of drug-likeness (QED) is 0.497. The van der Waals surface area contributed by atoms with E-state index in [-0.39, 0.29) is 5.91 Å². The van der Waals surface area contributed by atoms with Gasteiger partial charge in [-0.05, 0) is 41.8 Å². The summed E-state index contributed by atoms with van der Waals surface area (Å²) in [7, 11) is 1.61. The minimum atomic E-state index is -0.115. The molecule has 1 heterocycles. The normalized spacial score (nSPS) is 15.7. The monoisotopic (exact) mass is 399 g/mol. The van der Waals surface area contributed by atoms with Crippen molar-refractivity contribution >= 4 is 46.0 Å². The first-order chi connectivity index (χ1) is 13.0. The Morgan fingerprint density at radius 1 is 1.15 bits per heavy atom. The number of methoxy groups -OCH3 is 1. The van der Waals surface area contributed by atoms with Gasteiger partial charge in [0.1, 0.15) is 0 Å². The molecule has 2 aromatic rings. The van der Waals surface area contributed by atoms with Gasteiger partial charge < -0.3 is 9.47 Å². The lowest BCUT2D eigenvalue weighted by Gasteiger charge is -2.14. The molecule has 0 spiro atoms. The fourth-order valence-electron chi connectivity index (χ4n) is 2.57. The van der Waals surface area contributed by atoms with E-state index in [1.54, 1.807) is 12.0 Å². The van der Waals surface area contributed by atoms with E-state index in [1.807, 2.05) is 54.6 Å². The van der Waals surface area contributed by atoms with Crippen LogP contribution < -0.4 is 14.4 Å². The Morgan fingerprint density at radius 2 is 1.89 bits per heavy atom. The lowest BCUT2D eigenvalue weighted by molar-refractivity contribution is -0.113. The van der Waals surface area contributed by atoms with E-state index in [0.717, 1.165) is 11.3 Å². The number of nitrogens with zero attached hydrogens (tertiary/aromatic N) is 1. The Morgan fingerprint density at radius 3 is 2.56 bits per heavy atom. The number of ether oxygens (including phenoxy) is 2. The van der Waals surface area contributed by atoms with Crippen molar-refractivity contribution < 1.29 is 14.3 Å². The maximum Gasteiger partial charge on any atom is 0.270 e. The summed E-state index contributed by atoms with van der Waals surface area (Å²) in [4.78, 5) is 15.0. The van der Waals surface area contributed by atoms with E-state index in [4.69, 9.17) is 21.7 Å². The zero-order chi connectivity index (χ0) is 19.4. The van der Waals surface area contributed by atoms with Crippen LogP contribution in [0.4, 0.5) is 5.69 Å². The van der Waals surface area contributed by atoms with Crippen LogP contribution >= 0.6 is 24.0 Å². The minimum absolute atomic E-state index is 0.115. The maximum atomic E-state index is 12.8. The molecule has 4 nitrogen and oxygen atoms in total. The second-order valence-corrected chi connectivity index (χ2v) is 8.14. The van der Waals surface area contributed by atoms with Crippen LogP contribution in [0.1, 0.15) is 19.4 Å². The number of carbonyl (C=O) groups is 1. The topological polar surface area (TPSA) is 38.8 Å². The molecule has 0 atom stereocenters. The number of thiocarbonyl (C=S) groups is 1. The SMILES string of the molecule is COc1cc(/C=C2\SC(=S)N(c3ccccc3)C2=O)ccc1OCC(C)C. The molecule has 0 saturated carbocycles. The average Bonchev–Trinajstić information content (AvgIpc) is 2.94. The first-order valence-electron chi connectivity index (χ1n) is 8.63. The van der Waals surface area contributed by atoms with Gasteiger partial charge >= 0.3 is 0 Å². The Labute approximate surface area is 169 Å². The number of carbonyl (C=O) groups excluding carboxylic acids is 1. The molecular weight excluding hydrogens is 378 g/mol. The number of rotatable bonds is 6. The molecule has 0 N–H and O–H groups in total. The van der Waals surface area contributed by atoms with Crippen LogP contribution in [-0.2, 0) is 4.79 Å². The highest BCUT2D eigenvalue weighted by Gasteiger charge is 2.33. The van der Waals surface area contributed by atoms with Gasteiger partial charge in [0.2, 0.25) is 0 Å². The molecule has 0 radical (unpaired) electrons. The van der Waals surface area contributed by atoms with E-state index < -0.39 is 0 Å². The van der Waals surface area contributed by atoms with E-state index >= 15 is 0 Å². The molecule has 6 heteroatoms. The third kappa shape index (κ3) is 4.51. The summed E-state index contributed by atoms with van der Waals surface area (Å²) in [5.74, 6) is 1.65. The Hall–Kier alpha value is -2.31. The zero-order valence-corrected chi connectivity index (χ0v) is 17.1. The van der Waals surface area contributed by atoms with Crippen LogP contribution in [0.3, 0.4) is 0 Å². The number of amides is 1. The number of para-hydroxylation sites is 1. The van der Waals surface area contributed by atoms with Crippen molar-refractivity contribution in [3.8, 4) is 11.5 Å². The third-order valence-electron chi connectivity index (χ3n) is 3.87. The molecule has 3 rings (SSSR count). The van der Waals surface area contributed by atoms with Crippen molar-refractivity contribution in [2.45, 2.75) is 13.8 Å². The molecule has 2 aromatic carbocycles. The van der Waals surface area contributed by atoms with Crippen LogP contribution in [0.2, 0.25) is 0 Å². The summed E-state index contributed by atoms with van der Waals surface area (Å²) in [6, 6.07) is 15.1. The van der Waals surface area contributed by atoms with Crippen LogP contribution in [0, 0.1) is 5.92 Å². The van der Waals surface area contributed by atoms with Gasteiger partial charge in [0.05, 0.1) is 24.3 Å². The highest BCUT2D eigenvalue weighted by molar-refractivity contribution is 8.27. The van der Waals surface area contributed by atoms with Crippen LogP contribution in [0.25, 0.3) is 6.08 Å². The lowest BCUT2D eigenvalue weighted by atomic mass is 10.1. The van der Waals surface area contributed by atoms with Gasteiger partial charge in [-0.25, -0.2) is 0 Å². The molecule has 27 heavy (non-hydrogen) atoms. The highest BCUT2D eigenvalue weighted by Crippen LogP contribution is 2.37. The predicted molar refractivity (Wildman–Crippen MR) is 115 cm³/mol. The van der Waals surface area contributed by atoms with Gasteiger partial charge in [-0.2, -0.15) is 0 Å². The molecule has 1 amide bonds. The second kappa shape index (κ2) is 8.59. The number of hydrogen-bond acceptors (Lipinski definition) is 5. The second-order valence-electron chi connectivity index (χ2n) is 6.47. The summed E-state index contributed by atoms with van der Waals surface area (Å²) in [5, 5.41) is 0. The van der Waals surface area contributed by atoms with E-state index in [9.17, 15) is 4.79 Å². The molecule has 1 saturated heterocycles. The molecule has 1 aliphatic rings. The summed E-state index contributed by atoms with van der Waals surface area (Å²) in [6.45, 7) is 4.80. The standard InChI is InChI=1S/C21H21NO3S2/c1-14(2)13-25-17-10-9-15(11-18(17)24-3)12-19-20(23)22(21(26)27-19)16-7-5-4-6-8-16/h4-12,14H,13H2,1-3H3/b19-12-. The lowest BCUT2D eigenvalue weighted by Crippen LogP contribution is -2.27. The number of benzene rings is 2. The maximum absolute atomic E-state index is 12.8. The smallest absolute Gasteiger partial charge is 0.270 e. The molecule has 1 aliphatic heterocycles. The van der Waals surface area contributed by atoms with Gasteiger partial charge in [0.25, 0.3) is 5.91 Å². The van der Waals surface area contributed by atoms with Gasteiger partial charge in [0, 0.05) is 0 Å². The van der Waals surface area contributed by atoms with Crippen molar-refractivity contribution in [3.63, 3.8) is 0 Å². The van der Waals surface area contributed by atoms with Crippen molar-refractivity contribution in [3.05, 3.63) is 59.0 Å². The summed E-state index contributed by atoms with van der Waals surface area (Å²) < 4.78 is 11.7. The predicted octanol–water partition coefficient (Wildman–Crippen LogP) is 5.14. The zero-order valence-electron chi connectivity index (χ0n) is 15.5. The minimum Gasteiger partial charge on any atom is -0.493 e. The molecule has 0 bridgehead atoms. The first kappa shape index (κ1) is 19.5. The average molecular weight is 400 g/mol. The van der Waals surface area contributed by atoms with Gasteiger partial charge in [-0.3, -0.25) is 9.69 Å². The fraction of sp³-hybridized carbons (Fsp3) is 0.238. The van der Waals surface area contributed by atoms with E-state index in [1.165, 1.54) is 11.8 Å². The summed E-state index contributed by atoms with van der Waals surface area (Å²) >= 11 is 6.70. The molecule has 0 aliphatic carbocycles. The van der Waals surface area contributed by atoms with Crippen LogP contribution in [0.15, 0.2) is 53.4 Å². The van der Waals surface area contributed by atoms with Crippen LogP contribution in [0.5, 0.6) is 11.5 Å². The van der Waals surface area contributed by atoms with E-state index in [0.29, 0.717) is 33.2 Å². The van der Waals surface area contributed by atoms with Crippen molar-refractivity contribution in [2.24, 2.45) is 5.92 Å². The van der Waals surface area contributed by atoms with Gasteiger partial charge in [0.15, 0.2) is 15.8 Å². The number of anilines is 1. The number of thioether (sulfide) groups is 1. The Kier molecular flexibility index (Phi) is 6.19. The van der Waals surface area contributed by atoms with Gasteiger partial charge in [-0.15, -0.1) is 0 Å². The molecule has 140 valence electrons. The van der Waals surface area contributed by atoms with Crippen molar-refractivity contribution in [1.82, 2.24) is 0 Å². The Balaban J connectivity index is 1.84. The molecule has 0 aromatic heterocycles. The largest absolute Gasteiger partial charge is 0.493 e. The molecule has 0 unspecified atom stereocenters. The van der Waals surface area contributed by atoms with E-state index in [2.05, 4.69) is 13.8 Å². The highest BCUT2D eigenvalue weighted by atomic mass is 32.2.